The molecule has 2 N–H and O–H groups in total. The number of benzene rings is 1. The quantitative estimate of drug-likeness (QED) is 0.885. The maximum absolute atomic E-state index is 12.9. The van der Waals surface area contributed by atoms with Gasteiger partial charge in [-0.15, -0.1) is 0 Å². The fourth-order valence-corrected chi connectivity index (χ4v) is 4.17. The summed E-state index contributed by atoms with van der Waals surface area (Å²) < 4.78 is 36.3. The van der Waals surface area contributed by atoms with Crippen LogP contribution in [0.3, 0.4) is 0 Å². The molecular formula is C13H18FNO3S. The van der Waals surface area contributed by atoms with E-state index >= 15 is 0 Å². The summed E-state index contributed by atoms with van der Waals surface area (Å²) in [7, 11) is -2.97. The minimum absolute atomic E-state index is 0.116. The Hall–Kier alpha value is -1.14. The highest BCUT2D eigenvalue weighted by Gasteiger charge is 2.31. The zero-order valence-corrected chi connectivity index (χ0v) is 11.6. The lowest BCUT2D eigenvalue weighted by Crippen LogP contribution is -2.32. The van der Waals surface area contributed by atoms with Gasteiger partial charge in [0.1, 0.15) is 11.6 Å². The smallest absolute Gasteiger partial charge is 0.154 e. The van der Waals surface area contributed by atoms with E-state index in [2.05, 4.69) is 5.32 Å². The molecule has 2 unspecified atom stereocenters. The minimum Gasteiger partial charge on any atom is -0.508 e. The molecule has 0 aliphatic carbocycles. The van der Waals surface area contributed by atoms with Crippen LogP contribution in [0, 0.1) is 5.82 Å². The van der Waals surface area contributed by atoms with E-state index in [-0.39, 0.29) is 22.8 Å². The number of sulfone groups is 1. The molecule has 1 aromatic rings. The third kappa shape index (κ3) is 3.25. The topological polar surface area (TPSA) is 66.4 Å². The second-order valence-corrected chi connectivity index (χ2v) is 7.36. The number of aromatic hydroxyl groups is 1. The van der Waals surface area contributed by atoms with Crippen LogP contribution in [0.5, 0.6) is 5.75 Å². The lowest BCUT2D eigenvalue weighted by molar-refractivity contribution is 0.446. The Bertz CT molecular complexity index is 559. The maximum Gasteiger partial charge on any atom is 0.154 e. The zero-order chi connectivity index (χ0) is 14.0. The molecule has 106 valence electrons. The fraction of sp³-hybridized carbons (Fsp3) is 0.538. The van der Waals surface area contributed by atoms with Gasteiger partial charge in [0.2, 0.25) is 0 Å². The predicted molar refractivity (Wildman–Crippen MR) is 71.3 cm³/mol. The van der Waals surface area contributed by atoms with Crippen molar-refractivity contribution in [2.75, 3.05) is 12.3 Å². The van der Waals surface area contributed by atoms with Crippen molar-refractivity contribution in [2.24, 2.45) is 0 Å². The van der Waals surface area contributed by atoms with Gasteiger partial charge in [0.25, 0.3) is 0 Å². The van der Waals surface area contributed by atoms with Crippen LogP contribution in [0.2, 0.25) is 0 Å². The van der Waals surface area contributed by atoms with Crippen LogP contribution in [-0.2, 0) is 9.84 Å². The lowest BCUT2D eigenvalue weighted by atomic mass is 10.1. The molecule has 1 aliphatic rings. The number of phenolic OH excluding ortho intramolecular Hbond substituents is 1. The summed E-state index contributed by atoms with van der Waals surface area (Å²) in [5.74, 6) is -0.351. The van der Waals surface area contributed by atoms with E-state index < -0.39 is 15.7 Å². The van der Waals surface area contributed by atoms with Gasteiger partial charge in [0.05, 0.1) is 11.0 Å². The van der Waals surface area contributed by atoms with Crippen molar-refractivity contribution in [2.45, 2.75) is 31.1 Å². The molecule has 1 fully saturated rings. The maximum atomic E-state index is 12.9. The standard InChI is InChI=1S/C13H18FNO3S/c1-9(12-5-4-10(14)7-13(12)16)15-8-11-3-2-6-19(11,17)18/h4-5,7,9,11,15-16H,2-3,6,8H2,1H3. The summed E-state index contributed by atoms with van der Waals surface area (Å²) in [5.41, 5.74) is 0.566. The van der Waals surface area contributed by atoms with Crippen molar-refractivity contribution < 1.29 is 17.9 Å². The van der Waals surface area contributed by atoms with Gasteiger partial charge in [-0.25, -0.2) is 12.8 Å². The molecule has 0 radical (unpaired) electrons. The molecule has 0 saturated carbocycles. The number of hydrogen-bond acceptors (Lipinski definition) is 4. The molecule has 0 aromatic heterocycles. The lowest BCUT2D eigenvalue weighted by Gasteiger charge is -2.18. The van der Waals surface area contributed by atoms with Gasteiger partial charge >= 0.3 is 0 Å². The number of phenols is 1. The van der Waals surface area contributed by atoms with E-state index in [1.165, 1.54) is 12.1 Å². The Kier molecular flexibility index (Phi) is 4.10. The highest BCUT2D eigenvalue weighted by atomic mass is 32.2. The summed E-state index contributed by atoms with van der Waals surface area (Å²) in [5, 5.41) is 12.4. The van der Waals surface area contributed by atoms with E-state index in [1.54, 1.807) is 0 Å². The molecule has 4 nitrogen and oxygen atoms in total. The molecule has 0 amide bonds. The Labute approximate surface area is 112 Å². The number of hydrogen-bond donors (Lipinski definition) is 2. The molecule has 1 aliphatic heterocycles. The van der Waals surface area contributed by atoms with E-state index in [4.69, 9.17) is 0 Å². The molecule has 1 heterocycles. The Morgan fingerprint density at radius 3 is 2.84 bits per heavy atom. The number of rotatable bonds is 4. The SMILES string of the molecule is CC(NCC1CCCS1(=O)=O)c1ccc(F)cc1O. The van der Waals surface area contributed by atoms with Crippen LogP contribution < -0.4 is 5.32 Å². The first-order valence-electron chi connectivity index (χ1n) is 6.33. The average Bonchev–Trinajstić information content (AvgIpc) is 2.65. The van der Waals surface area contributed by atoms with Gasteiger partial charge in [-0.3, -0.25) is 0 Å². The monoisotopic (exact) mass is 287 g/mol. The normalized spacial score (nSPS) is 23.4. The minimum atomic E-state index is -2.97. The summed E-state index contributed by atoms with van der Waals surface area (Å²) >= 11 is 0. The molecular weight excluding hydrogens is 269 g/mol. The molecule has 2 rings (SSSR count). The third-order valence-corrected chi connectivity index (χ3v) is 5.85. The first-order valence-corrected chi connectivity index (χ1v) is 8.05. The predicted octanol–water partition coefficient (Wildman–Crippen LogP) is 1.76. The van der Waals surface area contributed by atoms with Crippen molar-refractivity contribution in [3.8, 4) is 5.75 Å². The van der Waals surface area contributed by atoms with Crippen LogP contribution >= 0.6 is 0 Å². The zero-order valence-electron chi connectivity index (χ0n) is 10.8. The Balaban J connectivity index is 2.00. The highest BCUT2D eigenvalue weighted by molar-refractivity contribution is 7.92. The van der Waals surface area contributed by atoms with Crippen LogP contribution in [0.4, 0.5) is 4.39 Å². The van der Waals surface area contributed by atoms with E-state index in [1.807, 2.05) is 6.92 Å². The Morgan fingerprint density at radius 2 is 2.26 bits per heavy atom. The van der Waals surface area contributed by atoms with Crippen LogP contribution in [0.1, 0.15) is 31.4 Å². The van der Waals surface area contributed by atoms with Gasteiger partial charge in [-0.05, 0) is 25.8 Å². The number of halogens is 1. The molecule has 0 bridgehead atoms. The summed E-state index contributed by atoms with van der Waals surface area (Å²) in [6.07, 6.45) is 1.39. The van der Waals surface area contributed by atoms with E-state index in [9.17, 15) is 17.9 Å². The van der Waals surface area contributed by atoms with Crippen molar-refractivity contribution in [1.82, 2.24) is 5.32 Å². The second-order valence-electron chi connectivity index (χ2n) is 4.96. The number of nitrogens with one attached hydrogen (secondary N) is 1. The van der Waals surface area contributed by atoms with Crippen LogP contribution in [-0.4, -0.2) is 31.1 Å². The molecule has 2 atom stereocenters. The first-order chi connectivity index (χ1) is 8.90. The average molecular weight is 287 g/mol. The summed E-state index contributed by atoms with van der Waals surface area (Å²) in [6.45, 7) is 2.18. The van der Waals surface area contributed by atoms with Gasteiger partial charge < -0.3 is 10.4 Å². The van der Waals surface area contributed by atoms with Gasteiger partial charge in [-0.2, -0.15) is 0 Å². The fourth-order valence-electron chi connectivity index (χ4n) is 2.39. The van der Waals surface area contributed by atoms with Gasteiger partial charge in [0.15, 0.2) is 9.84 Å². The molecule has 0 spiro atoms. The highest BCUT2D eigenvalue weighted by Crippen LogP contribution is 2.25. The van der Waals surface area contributed by atoms with Crippen molar-refractivity contribution in [3.63, 3.8) is 0 Å². The van der Waals surface area contributed by atoms with E-state index in [0.29, 0.717) is 24.9 Å². The van der Waals surface area contributed by atoms with Crippen molar-refractivity contribution in [1.29, 1.82) is 0 Å². The van der Waals surface area contributed by atoms with Crippen molar-refractivity contribution >= 4 is 9.84 Å². The van der Waals surface area contributed by atoms with E-state index in [0.717, 1.165) is 6.07 Å². The summed E-state index contributed by atoms with van der Waals surface area (Å²) in [6, 6.07) is 3.61. The third-order valence-electron chi connectivity index (χ3n) is 3.57. The van der Waals surface area contributed by atoms with Crippen molar-refractivity contribution in [3.05, 3.63) is 29.6 Å². The molecule has 19 heavy (non-hydrogen) atoms. The summed E-state index contributed by atoms with van der Waals surface area (Å²) in [4.78, 5) is 0. The van der Waals surface area contributed by atoms with Gasteiger partial charge in [0, 0.05) is 24.2 Å². The first kappa shape index (κ1) is 14.3. The molecule has 6 heteroatoms. The van der Waals surface area contributed by atoms with Crippen LogP contribution in [0.15, 0.2) is 18.2 Å². The van der Waals surface area contributed by atoms with Gasteiger partial charge in [-0.1, -0.05) is 6.07 Å². The second kappa shape index (κ2) is 5.46. The molecule has 1 aromatic carbocycles. The van der Waals surface area contributed by atoms with Crippen LogP contribution in [0.25, 0.3) is 0 Å². The largest absolute Gasteiger partial charge is 0.508 e. The Morgan fingerprint density at radius 1 is 1.53 bits per heavy atom. The molecule has 1 saturated heterocycles.